The molecule has 0 radical (unpaired) electrons. The van der Waals surface area contributed by atoms with Gasteiger partial charge in [0.2, 0.25) is 11.8 Å². The third-order valence-corrected chi connectivity index (χ3v) is 6.94. The summed E-state index contributed by atoms with van der Waals surface area (Å²) in [5.41, 5.74) is 5.43. The molecule has 3 rings (SSSR count). The average molecular weight is 369 g/mol. The van der Waals surface area contributed by atoms with Gasteiger partial charge in [-0.3, -0.25) is 14.5 Å². The van der Waals surface area contributed by atoms with Gasteiger partial charge in [0, 0.05) is 22.6 Å². The molecule has 3 aliphatic heterocycles. The van der Waals surface area contributed by atoms with Gasteiger partial charge in [-0.1, -0.05) is 6.92 Å². The minimum absolute atomic E-state index is 0.0228. The van der Waals surface area contributed by atoms with Gasteiger partial charge in [-0.15, -0.1) is 11.8 Å². The second kappa shape index (κ2) is 6.30. The number of carbonyl (C=O) groups excluding carboxylic acids is 2. The van der Waals surface area contributed by atoms with Crippen LogP contribution in [0.5, 0.6) is 0 Å². The lowest BCUT2D eigenvalue weighted by molar-refractivity contribution is -0.163. The Morgan fingerprint density at radius 2 is 2.04 bits per heavy atom. The maximum Gasteiger partial charge on any atom is 0.353 e. The number of carboxylic acids is 1. The maximum atomic E-state index is 12.3. The van der Waals surface area contributed by atoms with E-state index in [2.05, 4.69) is 0 Å². The van der Waals surface area contributed by atoms with E-state index in [1.807, 2.05) is 18.9 Å². The maximum absolute atomic E-state index is 12.3. The number of hydrogen-bond acceptors (Lipinski definition) is 6. The molecule has 0 aromatic heterocycles. The van der Waals surface area contributed by atoms with Crippen LogP contribution in [0.25, 0.3) is 0 Å². The van der Waals surface area contributed by atoms with Crippen molar-refractivity contribution >= 4 is 29.5 Å². The molecule has 2 saturated heterocycles. The van der Waals surface area contributed by atoms with E-state index in [1.165, 1.54) is 16.7 Å². The second-order valence-corrected chi connectivity index (χ2v) is 8.45. The second-order valence-electron chi connectivity index (χ2n) is 7.11. The Morgan fingerprint density at radius 1 is 1.40 bits per heavy atom. The lowest BCUT2D eigenvalue weighted by Crippen LogP contribution is -2.63. The summed E-state index contributed by atoms with van der Waals surface area (Å²) in [6, 6.07) is -0.667. The number of carboxylic acid groups (broad SMARTS) is 1. The quantitative estimate of drug-likeness (QED) is 0.554. The first-order chi connectivity index (χ1) is 11.6. The van der Waals surface area contributed by atoms with E-state index in [4.69, 9.17) is 5.73 Å². The summed E-state index contributed by atoms with van der Waals surface area (Å²) in [5, 5.41) is 19.5. The number of hydrogen-bond donors (Lipinski definition) is 3. The average Bonchev–Trinajstić information content (AvgIpc) is 2.97. The van der Waals surface area contributed by atoms with Crippen molar-refractivity contribution in [1.82, 2.24) is 9.80 Å². The van der Waals surface area contributed by atoms with E-state index in [-0.39, 0.29) is 40.8 Å². The van der Waals surface area contributed by atoms with E-state index in [9.17, 15) is 24.6 Å². The molecular weight excluding hydrogens is 346 g/mol. The molecule has 4 N–H and O–H groups in total. The van der Waals surface area contributed by atoms with Crippen molar-refractivity contribution in [1.29, 1.82) is 0 Å². The normalized spacial score (nSPS) is 36.4. The standard InChI is InChI=1S/C16H23N3O5S/c1-6-11-10(7(2)20)15(22)19(11)12(16(23)24)13(6)25-8-4-9(14(17)21)18(3)5-8/h6-11,20H,4-5H2,1-3H3,(H2,17,21)(H,23,24)/t6-,7-,8+,9+,10-,11-/m1/s1. The molecule has 25 heavy (non-hydrogen) atoms. The number of primary amides is 1. The van der Waals surface area contributed by atoms with E-state index in [0.717, 1.165) is 0 Å². The molecule has 0 aliphatic carbocycles. The van der Waals surface area contributed by atoms with Crippen molar-refractivity contribution in [2.24, 2.45) is 17.6 Å². The number of amides is 2. The zero-order chi connectivity index (χ0) is 18.6. The Kier molecular flexibility index (Phi) is 4.59. The predicted octanol–water partition coefficient (Wildman–Crippen LogP) is -0.569. The molecular formula is C16H23N3O5S. The Morgan fingerprint density at radius 3 is 2.52 bits per heavy atom. The lowest BCUT2D eigenvalue weighted by Gasteiger charge is -2.46. The Bertz CT molecular complexity index is 664. The molecule has 8 nitrogen and oxygen atoms in total. The van der Waals surface area contributed by atoms with Gasteiger partial charge in [-0.05, 0) is 20.4 Å². The SMILES string of the molecule is C[C@@H](O)[C@H]1C(=O)N2C(C(=O)O)=C(S[C@H]3C[C@@H](C(N)=O)N(C)C3)[C@H](C)[C@H]12. The summed E-state index contributed by atoms with van der Waals surface area (Å²) in [6.45, 7) is 4.07. The van der Waals surface area contributed by atoms with E-state index < -0.39 is 18.0 Å². The summed E-state index contributed by atoms with van der Waals surface area (Å²) in [4.78, 5) is 39.4. The fraction of sp³-hybridized carbons (Fsp3) is 0.688. The predicted molar refractivity (Wildman–Crippen MR) is 91.2 cm³/mol. The topological polar surface area (TPSA) is 124 Å². The summed E-state index contributed by atoms with van der Waals surface area (Å²) in [5.74, 6) is -2.57. The zero-order valence-electron chi connectivity index (χ0n) is 14.4. The van der Waals surface area contributed by atoms with E-state index in [0.29, 0.717) is 17.9 Å². The van der Waals surface area contributed by atoms with E-state index >= 15 is 0 Å². The minimum Gasteiger partial charge on any atom is -0.477 e. The zero-order valence-corrected chi connectivity index (χ0v) is 15.2. The number of aliphatic hydroxyl groups is 1. The minimum atomic E-state index is -1.13. The van der Waals surface area contributed by atoms with Gasteiger partial charge < -0.3 is 20.8 Å². The number of rotatable bonds is 5. The van der Waals surface area contributed by atoms with Crippen LogP contribution < -0.4 is 5.73 Å². The van der Waals surface area contributed by atoms with Crippen molar-refractivity contribution in [2.75, 3.05) is 13.6 Å². The van der Waals surface area contributed by atoms with Gasteiger partial charge >= 0.3 is 5.97 Å². The van der Waals surface area contributed by atoms with Gasteiger partial charge in [-0.2, -0.15) is 0 Å². The first-order valence-corrected chi connectivity index (χ1v) is 9.17. The third-order valence-electron chi connectivity index (χ3n) is 5.44. The molecule has 3 aliphatic rings. The number of nitrogens with two attached hydrogens (primary N) is 1. The van der Waals surface area contributed by atoms with Crippen molar-refractivity contribution in [2.45, 2.75) is 43.7 Å². The fourth-order valence-electron chi connectivity index (χ4n) is 4.23. The highest BCUT2D eigenvalue weighted by Crippen LogP contribution is 2.52. The number of likely N-dealkylation sites (N-methyl/N-ethyl adjacent to an activating group) is 1. The number of fused-ring (bicyclic) bond motifs is 1. The number of aliphatic carboxylic acids is 1. The molecule has 0 aromatic carbocycles. The highest BCUT2D eigenvalue weighted by molar-refractivity contribution is 8.03. The van der Waals surface area contributed by atoms with Crippen molar-refractivity contribution in [3.8, 4) is 0 Å². The van der Waals surface area contributed by atoms with Gasteiger partial charge in [0.1, 0.15) is 5.70 Å². The lowest BCUT2D eigenvalue weighted by atomic mass is 9.79. The molecule has 2 amide bonds. The largest absolute Gasteiger partial charge is 0.477 e. The molecule has 0 unspecified atom stereocenters. The Hall–Kier alpha value is -1.58. The van der Waals surface area contributed by atoms with Crippen LogP contribution in [0.15, 0.2) is 10.6 Å². The highest BCUT2D eigenvalue weighted by Gasteiger charge is 2.60. The van der Waals surface area contributed by atoms with E-state index in [1.54, 1.807) is 6.92 Å². The van der Waals surface area contributed by atoms with Crippen LogP contribution >= 0.6 is 11.8 Å². The van der Waals surface area contributed by atoms with Crippen LogP contribution in [-0.2, 0) is 14.4 Å². The summed E-state index contributed by atoms with van der Waals surface area (Å²) >= 11 is 1.42. The van der Waals surface area contributed by atoms with Crippen LogP contribution in [0, 0.1) is 11.8 Å². The van der Waals surface area contributed by atoms with Gasteiger partial charge in [0.15, 0.2) is 0 Å². The number of aliphatic hydroxyl groups excluding tert-OH is 1. The van der Waals surface area contributed by atoms with Crippen LogP contribution in [0.4, 0.5) is 0 Å². The molecule has 3 heterocycles. The number of carbonyl (C=O) groups is 3. The molecule has 2 fully saturated rings. The van der Waals surface area contributed by atoms with Crippen molar-refractivity contribution in [3.05, 3.63) is 10.6 Å². The smallest absolute Gasteiger partial charge is 0.353 e. The summed E-state index contributed by atoms with van der Waals surface area (Å²) in [6.07, 6.45) is -0.259. The third kappa shape index (κ3) is 2.74. The van der Waals surface area contributed by atoms with Gasteiger partial charge in [0.25, 0.3) is 0 Å². The molecule has 0 saturated carbocycles. The van der Waals surface area contributed by atoms with Crippen LogP contribution in [-0.4, -0.2) is 74.8 Å². The summed E-state index contributed by atoms with van der Waals surface area (Å²) < 4.78 is 0. The van der Waals surface area contributed by atoms with Crippen molar-refractivity contribution < 1.29 is 24.6 Å². The van der Waals surface area contributed by atoms with Crippen molar-refractivity contribution in [3.63, 3.8) is 0 Å². The Balaban J connectivity index is 1.84. The molecule has 6 atom stereocenters. The molecule has 9 heteroatoms. The first-order valence-electron chi connectivity index (χ1n) is 8.30. The van der Waals surface area contributed by atoms with Crippen LogP contribution in [0.3, 0.4) is 0 Å². The van der Waals surface area contributed by atoms with Crippen LogP contribution in [0.2, 0.25) is 0 Å². The fourth-order valence-corrected chi connectivity index (χ4v) is 5.83. The van der Waals surface area contributed by atoms with Gasteiger partial charge in [0.05, 0.1) is 24.1 Å². The molecule has 0 bridgehead atoms. The first kappa shape index (κ1) is 18.2. The Labute approximate surface area is 150 Å². The monoisotopic (exact) mass is 369 g/mol. The molecule has 0 spiro atoms. The van der Waals surface area contributed by atoms with Crippen LogP contribution in [0.1, 0.15) is 20.3 Å². The number of thioether (sulfide) groups is 1. The molecule has 0 aromatic rings. The molecule has 138 valence electrons. The highest BCUT2D eigenvalue weighted by atomic mass is 32.2. The van der Waals surface area contributed by atoms with Gasteiger partial charge in [-0.25, -0.2) is 4.79 Å². The number of likely N-dealkylation sites (tertiary alicyclic amines) is 1. The number of β-lactam (4-membered cyclic amide) rings is 1. The summed E-state index contributed by atoms with van der Waals surface area (Å²) in [7, 11) is 1.82. The number of nitrogens with zero attached hydrogens (tertiary/aromatic N) is 2.